The highest BCUT2D eigenvalue weighted by Gasteiger charge is 2.37. The van der Waals surface area contributed by atoms with Crippen LogP contribution in [0.5, 0.6) is 0 Å². The zero-order chi connectivity index (χ0) is 26.1. The standard InChI is InChI=1S/C28H27N3O5/c1-6-36-27(34)20-8-7-9-22(14-20)30-18(4)13-21(19(30)5)15-24-25(32)29-28(35)31(26(24)33)23-11-10-16(2)17(3)12-23/h7-15H,6H2,1-5H3,(H,29,32,35)/b24-15-. The average Bonchev–Trinajstić information content (AvgIpc) is 3.11. The molecular formula is C28H27N3O5. The van der Waals surface area contributed by atoms with Gasteiger partial charge in [0.2, 0.25) is 0 Å². The third-order valence-corrected chi connectivity index (χ3v) is 6.24. The Morgan fingerprint density at radius 1 is 0.944 bits per heavy atom. The molecule has 0 spiro atoms. The number of carbonyl (C=O) groups is 4. The molecular weight excluding hydrogens is 458 g/mol. The molecule has 184 valence electrons. The van der Waals surface area contributed by atoms with Gasteiger partial charge in [-0.15, -0.1) is 0 Å². The lowest BCUT2D eigenvalue weighted by molar-refractivity contribution is -0.122. The number of aromatic nitrogens is 1. The molecule has 0 unspecified atom stereocenters. The van der Waals surface area contributed by atoms with Crippen molar-refractivity contribution in [2.24, 2.45) is 0 Å². The molecule has 1 N–H and O–H groups in total. The average molecular weight is 486 g/mol. The van der Waals surface area contributed by atoms with Gasteiger partial charge in [0, 0.05) is 17.1 Å². The summed E-state index contributed by atoms with van der Waals surface area (Å²) in [4.78, 5) is 51.7. The topological polar surface area (TPSA) is 97.7 Å². The van der Waals surface area contributed by atoms with E-state index in [1.807, 2.05) is 50.5 Å². The fraction of sp³-hybridized carbons (Fsp3) is 0.214. The number of imide groups is 2. The van der Waals surface area contributed by atoms with E-state index in [0.717, 1.165) is 33.1 Å². The summed E-state index contributed by atoms with van der Waals surface area (Å²) in [5.41, 5.74) is 5.59. The Kier molecular flexibility index (Phi) is 6.61. The molecule has 1 aliphatic rings. The number of rotatable bonds is 5. The first-order valence-corrected chi connectivity index (χ1v) is 11.6. The van der Waals surface area contributed by atoms with Crippen LogP contribution in [0.4, 0.5) is 10.5 Å². The number of hydrogen-bond acceptors (Lipinski definition) is 5. The first kappa shape index (κ1) is 24.7. The number of ether oxygens (including phenoxy) is 1. The molecule has 2 heterocycles. The number of esters is 1. The minimum absolute atomic E-state index is 0.145. The van der Waals surface area contributed by atoms with Crippen molar-refractivity contribution < 1.29 is 23.9 Å². The van der Waals surface area contributed by atoms with Gasteiger partial charge in [0.05, 0.1) is 17.9 Å². The molecule has 36 heavy (non-hydrogen) atoms. The minimum Gasteiger partial charge on any atom is -0.462 e. The molecule has 1 fully saturated rings. The summed E-state index contributed by atoms with van der Waals surface area (Å²) in [6.45, 7) is 9.59. The molecule has 4 amide bonds. The molecule has 1 aromatic heterocycles. The zero-order valence-electron chi connectivity index (χ0n) is 20.8. The summed E-state index contributed by atoms with van der Waals surface area (Å²) in [5.74, 6) is -1.86. The van der Waals surface area contributed by atoms with E-state index >= 15 is 0 Å². The molecule has 1 saturated heterocycles. The normalized spacial score (nSPS) is 14.9. The molecule has 0 radical (unpaired) electrons. The van der Waals surface area contributed by atoms with Crippen molar-refractivity contribution in [1.82, 2.24) is 9.88 Å². The maximum absolute atomic E-state index is 13.3. The Morgan fingerprint density at radius 2 is 1.69 bits per heavy atom. The quantitative estimate of drug-likeness (QED) is 0.325. The second-order valence-electron chi connectivity index (χ2n) is 8.66. The van der Waals surface area contributed by atoms with Gasteiger partial charge >= 0.3 is 12.0 Å². The van der Waals surface area contributed by atoms with Crippen molar-refractivity contribution >= 4 is 35.6 Å². The number of nitrogens with one attached hydrogen (secondary N) is 1. The van der Waals surface area contributed by atoms with Crippen molar-refractivity contribution in [2.75, 3.05) is 11.5 Å². The summed E-state index contributed by atoms with van der Waals surface area (Å²) in [7, 11) is 0. The van der Waals surface area contributed by atoms with E-state index in [9.17, 15) is 19.2 Å². The number of urea groups is 1. The summed E-state index contributed by atoms with van der Waals surface area (Å²) >= 11 is 0. The summed E-state index contributed by atoms with van der Waals surface area (Å²) < 4.78 is 7.03. The van der Waals surface area contributed by atoms with Crippen LogP contribution in [0.25, 0.3) is 11.8 Å². The first-order chi connectivity index (χ1) is 17.1. The fourth-order valence-corrected chi connectivity index (χ4v) is 4.23. The second kappa shape index (κ2) is 9.65. The highest BCUT2D eigenvalue weighted by atomic mass is 16.5. The summed E-state index contributed by atoms with van der Waals surface area (Å²) in [6.07, 6.45) is 1.49. The molecule has 8 nitrogen and oxygen atoms in total. The Hall–Kier alpha value is -4.46. The van der Waals surface area contributed by atoms with Crippen LogP contribution in [0.3, 0.4) is 0 Å². The molecule has 0 bridgehead atoms. The largest absolute Gasteiger partial charge is 0.462 e. The summed E-state index contributed by atoms with van der Waals surface area (Å²) in [5, 5.41) is 2.27. The van der Waals surface area contributed by atoms with Crippen LogP contribution in [-0.4, -0.2) is 35.0 Å². The lowest BCUT2D eigenvalue weighted by Crippen LogP contribution is -2.54. The molecule has 1 aliphatic heterocycles. The number of aryl methyl sites for hydroxylation is 3. The van der Waals surface area contributed by atoms with E-state index in [1.165, 1.54) is 6.08 Å². The minimum atomic E-state index is -0.786. The summed E-state index contributed by atoms with van der Waals surface area (Å²) in [6, 6.07) is 13.3. The van der Waals surface area contributed by atoms with E-state index in [2.05, 4.69) is 5.32 Å². The third-order valence-electron chi connectivity index (χ3n) is 6.24. The maximum atomic E-state index is 13.3. The molecule has 0 aliphatic carbocycles. The van der Waals surface area contributed by atoms with Crippen LogP contribution in [0.2, 0.25) is 0 Å². The molecule has 3 aromatic rings. The zero-order valence-corrected chi connectivity index (χ0v) is 20.8. The van der Waals surface area contributed by atoms with E-state index in [-0.39, 0.29) is 12.2 Å². The van der Waals surface area contributed by atoms with Gasteiger partial charge in [0.15, 0.2) is 0 Å². The van der Waals surface area contributed by atoms with Gasteiger partial charge < -0.3 is 9.30 Å². The van der Waals surface area contributed by atoms with Crippen LogP contribution < -0.4 is 10.2 Å². The Morgan fingerprint density at radius 3 is 2.39 bits per heavy atom. The molecule has 0 saturated carbocycles. The number of amides is 4. The predicted octanol–water partition coefficient (Wildman–Crippen LogP) is 4.55. The predicted molar refractivity (Wildman–Crippen MR) is 136 cm³/mol. The highest BCUT2D eigenvalue weighted by molar-refractivity contribution is 6.39. The van der Waals surface area contributed by atoms with Crippen molar-refractivity contribution in [2.45, 2.75) is 34.6 Å². The number of nitrogens with zero attached hydrogens (tertiary/aromatic N) is 2. The van der Waals surface area contributed by atoms with Crippen LogP contribution >= 0.6 is 0 Å². The first-order valence-electron chi connectivity index (χ1n) is 11.6. The van der Waals surface area contributed by atoms with Crippen LogP contribution in [0, 0.1) is 27.7 Å². The van der Waals surface area contributed by atoms with Gasteiger partial charge in [-0.1, -0.05) is 12.1 Å². The lowest BCUT2D eigenvalue weighted by Gasteiger charge is -2.26. The highest BCUT2D eigenvalue weighted by Crippen LogP contribution is 2.27. The lowest BCUT2D eigenvalue weighted by atomic mass is 10.1. The maximum Gasteiger partial charge on any atom is 0.338 e. The van der Waals surface area contributed by atoms with Crippen molar-refractivity contribution in [3.63, 3.8) is 0 Å². The molecule has 8 heteroatoms. The number of hydrogen-bond donors (Lipinski definition) is 1. The van der Waals surface area contributed by atoms with Gasteiger partial charge in [0.1, 0.15) is 5.57 Å². The van der Waals surface area contributed by atoms with E-state index < -0.39 is 23.8 Å². The number of carbonyl (C=O) groups excluding carboxylic acids is 4. The van der Waals surface area contributed by atoms with Crippen LogP contribution in [0.15, 0.2) is 54.1 Å². The number of anilines is 1. The Balaban J connectivity index is 1.74. The van der Waals surface area contributed by atoms with Crippen molar-refractivity contribution in [3.05, 3.63) is 87.7 Å². The molecule has 4 rings (SSSR count). The Labute approximate surface area is 209 Å². The van der Waals surface area contributed by atoms with Gasteiger partial charge in [-0.2, -0.15) is 0 Å². The van der Waals surface area contributed by atoms with Gasteiger partial charge in [0.25, 0.3) is 11.8 Å². The van der Waals surface area contributed by atoms with Crippen molar-refractivity contribution in [1.29, 1.82) is 0 Å². The van der Waals surface area contributed by atoms with E-state index in [1.54, 1.807) is 37.3 Å². The van der Waals surface area contributed by atoms with Crippen LogP contribution in [-0.2, 0) is 14.3 Å². The van der Waals surface area contributed by atoms with Crippen molar-refractivity contribution in [3.8, 4) is 5.69 Å². The molecule has 2 aromatic carbocycles. The van der Waals surface area contributed by atoms with Gasteiger partial charge in [-0.25, -0.2) is 14.5 Å². The monoisotopic (exact) mass is 485 g/mol. The Bertz CT molecular complexity index is 1450. The molecule has 0 atom stereocenters. The number of benzene rings is 2. The van der Waals surface area contributed by atoms with Gasteiger partial charge in [-0.05, 0) is 93.8 Å². The smallest absolute Gasteiger partial charge is 0.338 e. The van der Waals surface area contributed by atoms with E-state index in [4.69, 9.17) is 4.74 Å². The van der Waals surface area contributed by atoms with E-state index in [0.29, 0.717) is 16.8 Å². The van der Waals surface area contributed by atoms with Gasteiger partial charge in [-0.3, -0.25) is 14.9 Å². The SMILES string of the molecule is CCOC(=O)c1cccc(-n2c(C)cc(/C=C3/C(=O)NC(=O)N(c4ccc(C)c(C)c4)C3=O)c2C)c1. The van der Waals surface area contributed by atoms with Crippen LogP contribution in [0.1, 0.15) is 45.4 Å². The third kappa shape index (κ3) is 4.45. The fourth-order valence-electron chi connectivity index (χ4n) is 4.23. The second-order valence-corrected chi connectivity index (χ2v) is 8.66. The number of barbiturate groups is 1.